The van der Waals surface area contributed by atoms with E-state index in [1.165, 1.54) is 18.4 Å². The number of rotatable bonds is 4. The van der Waals surface area contributed by atoms with Gasteiger partial charge in [0.25, 0.3) is 0 Å². The van der Waals surface area contributed by atoms with E-state index >= 15 is 0 Å². The third-order valence-electron chi connectivity index (χ3n) is 2.47. The van der Waals surface area contributed by atoms with Crippen LogP contribution in [0.3, 0.4) is 0 Å². The summed E-state index contributed by atoms with van der Waals surface area (Å²) in [6.45, 7) is 1.81. The molecule has 0 fully saturated rings. The number of hydrogen-bond acceptors (Lipinski definition) is 6. The Kier molecular flexibility index (Phi) is 4.97. The maximum Gasteiger partial charge on any atom is 0.325 e. The number of nitrogens with one attached hydrogen (secondary N) is 2. The van der Waals surface area contributed by atoms with Gasteiger partial charge in [-0.05, 0) is 28.9 Å². The van der Waals surface area contributed by atoms with Gasteiger partial charge in [-0.25, -0.2) is 4.79 Å². The molecule has 0 unspecified atom stereocenters. The fraction of sp³-hybridized carbons (Fsp3) is 0.250. The Bertz CT molecular complexity index is 662. The number of urea groups is 1. The average molecular weight is 373 g/mol. The number of aryl methyl sites for hydroxylation is 1. The second kappa shape index (κ2) is 6.72. The second-order valence-corrected chi connectivity index (χ2v) is 5.93. The molecule has 0 aliphatic heterocycles. The lowest BCUT2D eigenvalue weighted by atomic mass is 10.2. The zero-order valence-corrected chi connectivity index (χ0v) is 14.0. The highest BCUT2D eigenvalue weighted by Crippen LogP contribution is 2.36. The Hall–Kier alpha value is -1.87. The minimum absolute atomic E-state index is 0.427. The first-order valence-corrected chi connectivity index (χ1v) is 7.44. The van der Waals surface area contributed by atoms with E-state index in [1.807, 2.05) is 6.92 Å². The SMILES string of the molecule is COc1cc(OC)c(NC(=O)Nc2nnc(C)s2)cc1Br. The maximum absolute atomic E-state index is 11.9. The van der Waals surface area contributed by atoms with Crippen LogP contribution in [0.15, 0.2) is 16.6 Å². The standard InChI is InChI=1S/C12H13BrN4O3S/c1-6-16-17-12(21-6)15-11(18)14-8-4-7(13)9(19-2)5-10(8)20-3/h4-5H,1-3H3,(H2,14,15,17,18). The molecule has 1 aromatic carbocycles. The topological polar surface area (TPSA) is 85.4 Å². The summed E-state index contributed by atoms with van der Waals surface area (Å²) in [5.74, 6) is 1.09. The van der Waals surface area contributed by atoms with E-state index in [1.54, 1.807) is 19.2 Å². The average Bonchev–Trinajstić information content (AvgIpc) is 2.84. The third kappa shape index (κ3) is 3.82. The number of nitrogens with zero attached hydrogens (tertiary/aromatic N) is 2. The summed E-state index contributed by atoms with van der Waals surface area (Å²) in [5, 5.41) is 14.1. The van der Waals surface area contributed by atoms with Crippen LogP contribution in [0.4, 0.5) is 15.6 Å². The summed E-state index contributed by atoms with van der Waals surface area (Å²) < 4.78 is 11.1. The molecule has 2 N–H and O–H groups in total. The molecule has 2 aromatic rings. The van der Waals surface area contributed by atoms with Gasteiger partial charge in [-0.1, -0.05) is 11.3 Å². The first-order valence-electron chi connectivity index (χ1n) is 5.83. The van der Waals surface area contributed by atoms with Crippen molar-refractivity contribution in [3.05, 3.63) is 21.6 Å². The van der Waals surface area contributed by atoms with Crippen LogP contribution < -0.4 is 20.1 Å². The number of amides is 2. The van der Waals surface area contributed by atoms with Gasteiger partial charge < -0.3 is 14.8 Å². The van der Waals surface area contributed by atoms with Crippen LogP contribution in [-0.2, 0) is 0 Å². The highest BCUT2D eigenvalue weighted by Gasteiger charge is 2.13. The molecular formula is C12H13BrN4O3S. The largest absolute Gasteiger partial charge is 0.495 e. The molecule has 1 heterocycles. The Morgan fingerprint density at radius 2 is 1.90 bits per heavy atom. The predicted octanol–water partition coefficient (Wildman–Crippen LogP) is 3.27. The van der Waals surface area contributed by atoms with Gasteiger partial charge in [0.05, 0.1) is 24.4 Å². The lowest BCUT2D eigenvalue weighted by Gasteiger charge is -2.13. The molecule has 112 valence electrons. The van der Waals surface area contributed by atoms with E-state index in [0.29, 0.717) is 26.8 Å². The first kappa shape index (κ1) is 15.5. The van der Waals surface area contributed by atoms with Crippen LogP contribution in [0.1, 0.15) is 5.01 Å². The number of hydrogen-bond donors (Lipinski definition) is 2. The van der Waals surface area contributed by atoms with Crippen molar-refractivity contribution in [1.82, 2.24) is 10.2 Å². The summed E-state index contributed by atoms with van der Waals surface area (Å²) in [6, 6.07) is 2.94. The van der Waals surface area contributed by atoms with Crippen LogP contribution in [0, 0.1) is 6.92 Å². The van der Waals surface area contributed by atoms with Crippen molar-refractivity contribution in [3.63, 3.8) is 0 Å². The molecule has 7 nitrogen and oxygen atoms in total. The fourth-order valence-electron chi connectivity index (χ4n) is 1.56. The van der Waals surface area contributed by atoms with Crippen molar-refractivity contribution in [3.8, 4) is 11.5 Å². The minimum Gasteiger partial charge on any atom is -0.495 e. The second-order valence-electron chi connectivity index (χ2n) is 3.89. The number of anilines is 2. The molecule has 0 aliphatic rings. The van der Waals surface area contributed by atoms with Gasteiger partial charge in [0.1, 0.15) is 16.5 Å². The minimum atomic E-state index is -0.429. The molecule has 0 bridgehead atoms. The number of carbonyl (C=O) groups excluding carboxylic acids is 1. The molecule has 0 atom stereocenters. The summed E-state index contributed by atoms with van der Waals surface area (Å²) >= 11 is 4.65. The van der Waals surface area contributed by atoms with Crippen molar-refractivity contribution in [1.29, 1.82) is 0 Å². The van der Waals surface area contributed by atoms with E-state index in [4.69, 9.17) is 9.47 Å². The van der Waals surface area contributed by atoms with E-state index in [0.717, 1.165) is 5.01 Å². The van der Waals surface area contributed by atoms with E-state index in [-0.39, 0.29) is 0 Å². The number of aromatic nitrogens is 2. The van der Waals surface area contributed by atoms with Gasteiger partial charge in [-0.2, -0.15) is 0 Å². The van der Waals surface area contributed by atoms with Gasteiger partial charge in [0.2, 0.25) is 5.13 Å². The highest BCUT2D eigenvalue weighted by atomic mass is 79.9. The molecular weight excluding hydrogens is 360 g/mol. The van der Waals surface area contributed by atoms with Crippen molar-refractivity contribution in [2.24, 2.45) is 0 Å². The Balaban J connectivity index is 2.14. The molecule has 1 aromatic heterocycles. The molecule has 21 heavy (non-hydrogen) atoms. The predicted molar refractivity (Wildman–Crippen MR) is 84.5 cm³/mol. The van der Waals surface area contributed by atoms with Crippen LogP contribution in [0.2, 0.25) is 0 Å². The quantitative estimate of drug-likeness (QED) is 0.859. The van der Waals surface area contributed by atoms with Crippen molar-refractivity contribution < 1.29 is 14.3 Å². The molecule has 0 aliphatic carbocycles. The molecule has 0 radical (unpaired) electrons. The number of benzene rings is 1. The maximum atomic E-state index is 11.9. The highest BCUT2D eigenvalue weighted by molar-refractivity contribution is 9.10. The zero-order chi connectivity index (χ0) is 15.4. The molecule has 9 heteroatoms. The third-order valence-corrected chi connectivity index (χ3v) is 3.84. The first-order chi connectivity index (χ1) is 10.0. The Morgan fingerprint density at radius 3 is 2.48 bits per heavy atom. The number of methoxy groups -OCH3 is 2. The molecule has 0 spiro atoms. The Labute approximate surface area is 133 Å². The molecule has 2 rings (SSSR count). The van der Waals surface area contributed by atoms with Gasteiger partial charge in [-0.3, -0.25) is 5.32 Å². The van der Waals surface area contributed by atoms with Crippen molar-refractivity contribution >= 4 is 44.1 Å². The van der Waals surface area contributed by atoms with E-state index in [9.17, 15) is 4.79 Å². The summed E-state index contributed by atoms with van der Waals surface area (Å²) in [4.78, 5) is 11.9. The van der Waals surface area contributed by atoms with Gasteiger partial charge in [0, 0.05) is 6.07 Å². The summed E-state index contributed by atoms with van der Waals surface area (Å²) in [6.07, 6.45) is 0. The number of halogens is 1. The lowest BCUT2D eigenvalue weighted by molar-refractivity contribution is 0.262. The van der Waals surface area contributed by atoms with Crippen LogP contribution in [0.25, 0.3) is 0 Å². The van der Waals surface area contributed by atoms with Crippen LogP contribution in [-0.4, -0.2) is 30.4 Å². The Morgan fingerprint density at radius 1 is 1.19 bits per heavy atom. The van der Waals surface area contributed by atoms with Gasteiger partial charge in [0.15, 0.2) is 0 Å². The van der Waals surface area contributed by atoms with Crippen LogP contribution >= 0.6 is 27.3 Å². The van der Waals surface area contributed by atoms with E-state index in [2.05, 4.69) is 36.8 Å². The lowest BCUT2D eigenvalue weighted by Crippen LogP contribution is -2.19. The van der Waals surface area contributed by atoms with E-state index < -0.39 is 6.03 Å². The van der Waals surface area contributed by atoms with Crippen molar-refractivity contribution in [2.75, 3.05) is 24.9 Å². The monoisotopic (exact) mass is 372 g/mol. The molecule has 0 saturated heterocycles. The van der Waals surface area contributed by atoms with Gasteiger partial charge >= 0.3 is 6.03 Å². The van der Waals surface area contributed by atoms with Crippen molar-refractivity contribution in [2.45, 2.75) is 6.92 Å². The fourth-order valence-corrected chi connectivity index (χ4v) is 2.65. The van der Waals surface area contributed by atoms with Gasteiger partial charge in [-0.15, -0.1) is 10.2 Å². The summed E-state index contributed by atoms with van der Waals surface area (Å²) in [7, 11) is 3.07. The number of ether oxygens (including phenoxy) is 2. The smallest absolute Gasteiger partial charge is 0.325 e. The number of carbonyl (C=O) groups is 1. The summed E-state index contributed by atoms with van der Waals surface area (Å²) in [5.41, 5.74) is 0.504. The molecule has 2 amide bonds. The zero-order valence-electron chi connectivity index (χ0n) is 11.6. The normalized spacial score (nSPS) is 10.1. The van der Waals surface area contributed by atoms with Crippen LogP contribution in [0.5, 0.6) is 11.5 Å². The molecule has 0 saturated carbocycles.